The van der Waals surface area contributed by atoms with Crippen molar-refractivity contribution in [2.24, 2.45) is 0 Å². The van der Waals surface area contributed by atoms with Gasteiger partial charge in [0.05, 0.1) is 12.8 Å². The van der Waals surface area contributed by atoms with Gasteiger partial charge in [-0.15, -0.1) is 0 Å². The standard InChI is InChI=1S/C24H31N5O5/c1-3-5-14-29-22-21(23(32)27-24(29)33)28(13-4-2)18(26-22)16-34-20(31)11-12-25-19(30)15-17-9-7-6-8-10-17/h6-10H,3-5,11-16H2,1-2H3,(H,25,30)(H,27,32,33). The highest BCUT2D eigenvalue weighted by atomic mass is 16.5. The van der Waals surface area contributed by atoms with E-state index in [1.807, 2.05) is 44.2 Å². The van der Waals surface area contributed by atoms with Gasteiger partial charge >= 0.3 is 11.7 Å². The molecule has 0 fully saturated rings. The number of aromatic amines is 1. The molecule has 10 heteroatoms. The molecule has 0 aliphatic rings. The molecule has 2 aromatic heterocycles. The minimum atomic E-state index is -0.507. The van der Waals surface area contributed by atoms with Crippen molar-refractivity contribution in [3.05, 3.63) is 62.6 Å². The van der Waals surface area contributed by atoms with Crippen LogP contribution in [-0.4, -0.2) is 37.5 Å². The summed E-state index contributed by atoms with van der Waals surface area (Å²) in [7, 11) is 0. The maximum Gasteiger partial charge on any atom is 0.330 e. The Balaban J connectivity index is 1.64. The summed E-state index contributed by atoms with van der Waals surface area (Å²) in [5.74, 6) is -0.264. The van der Waals surface area contributed by atoms with E-state index in [1.54, 1.807) is 4.57 Å². The molecule has 0 radical (unpaired) electrons. The Morgan fingerprint density at radius 2 is 1.82 bits per heavy atom. The molecule has 0 aliphatic heterocycles. The van der Waals surface area contributed by atoms with E-state index >= 15 is 0 Å². The fourth-order valence-electron chi connectivity index (χ4n) is 3.68. The number of H-pyrrole nitrogens is 1. The quantitative estimate of drug-likeness (QED) is 0.390. The molecule has 0 saturated heterocycles. The Hall–Kier alpha value is -3.69. The summed E-state index contributed by atoms with van der Waals surface area (Å²) >= 11 is 0. The van der Waals surface area contributed by atoms with E-state index in [0.29, 0.717) is 30.1 Å². The van der Waals surface area contributed by atoms with Crippen LogP contribution >= 0.6 is 0 Å². The smallest absolute Gasteiger partial charge is 0.330 e. The number of nitrogens with zero attached hydrogens (tertiary/aromatic N) is 3. The fraction of sp³-hybridized carbons (Fsp3) is 0.458. The highest BCUT2D eigenvalue weighted by Crippen LogP contribution is 2.14. The minimum Gasteiger partial charge on any atom is -0.457 e. The topological polar surface area (TPSA) is 128 Å². The van der Waals surface area contributed by atoms with E-state index < -0.39 is 17.2 Å². The molecule has 0 unspecified atom stereocenters. The van der Waals surface area contributed by atoms with Crippen molar-refractivity contribution in [1.82, 2.24) is 24.4 Å². The van der Waals surface area contributed by atoms with Crippen LogP contribution in [0.4, 0.5) is 0 Å². The summed E-state index contributed by atoms with van der Waals surface area (Å²) in [6.07, 6.45) is 2.63. The van der Waals surface area contributed by atoms with Crippen LogP contribution in [0.2, 0.25) is 0 Å². The molecular weight excluding hydrogens is 438 g/mol. The van der Waals surface area contributed by atoms with Crippen LogP contribution in [0.3, 0.4) is 0 Å². The first kappa shape index (κ1) is 24.9. The van der Waals surface area contributed by atoms with Crippen LogP contribution in [0.25, 0.3) is 11.2 Å². The van der Waals surface area contributed by atoms with Gasteiger partial charge in [0.15, 0.2) is 11.2 Å². The molecule has 3 aromatic rings. The van der Waals surface area contributed by atoms with E-state index in [-0.39, 0.29) is 31.9 Å². The molecule has 2 N–H and O–H groups in total. The van der Waals surface area contributed by atoms with Crippen molar-refractivity contribution in [2.45, 2.75) is 65.6 Å². The third kappa shape index (κ3) is 6.21. The number of hydrogen-bond acceptors (Lipinski definition) is 6. The molecule has 0 aliphatic carbocycles. The van der Waals surface area contributed by atoms with Gasteiger partial charge in [0, 0.05) is 19.6 Å². The fourth-order valence-corrected chi connectivity index (χ4v) is 3.68. The van der Waals surface area contributed by atoms with E-state index in [9.17, 15) is 19.2 Å². The van der Waals surface area contributed by atoms with E-state index in [0.717, 1.165) is 24.8 Å². The van der Waals surface area contributed by atoms with Crippen LogP contribution < -0.4 is 16.6 Å². The second kappa shape index (κ2) is 12.0. The number of aryl methyl sites for hydroxylation is 2. The summed E-state index contributed by atoms with van der Waals surface area (Å²) < 4.78 is 8.52. The molecular formula is C24H31N5O5. The first-order valence-electron chi connectivity index (χ1n) is 11.6. The zero-order valence-electron chi connectivity index (χ0n) is 19.6. The average Bonchev–Trinajstić information content (AvgIpc) is 3.17. The zero-order valence-corrected chi connectivity index (χ0v) is 19.6. The molecule has 0 bridgehead atoms. The third-order valence-electron chi connectivity index (χ3n) is 5.37. The molecule has 0 saturated carbocycles. The summed E-state index contributed by atoms with van der Waals surface area (Å²) in [5.41, 5.74) is 0.491. The van der Waals surface area contributed by atoms with Crippen molar-refractivity contribution in [1.29, 1.82) is 0 Å². The first-order chi connectivity index (χ1) is 16.4. The number of carbonyl (C=O) groups excluding carboxylic acids is 2. The van der Waals surface area contributed by atoms with Crippen LogP contribution in [-0.2, 0) is 40.4 Å². The normalized spacial score (nSPS) is 11.0. The number of unbranched alkanes of at least 4 members (excludes halogenated alkanes) is 1. The number of benzene rings is 1. The van der Waals surface area contributed by atoms with Crippen molar-refractivity contribution in [3.8, 4) is 0 Å². The highest BCUT2D eigenvalue weighted by Gasteiger charge is 2.19. The number of carbonyl (C=O) groups is 2. The molecule has 0 atom stereocenters. The second-order valence-electron chi connectivity index (χ2n) is 8.04. The molecule has 182 valence electrons. The Labute approximate surface area is 197 Å². The number of ether oxygens (including phenoxy) is 1. The summed E-state index contributed by atoms with van der Waals surface area (Å²) in [6.45, 7) is 4.93. The summed E-state index contributed by atoms with van der Waals surface area (Å²) in [4.78, 5) is 56.0. The molecule has 1 amide bonds. The van der Waals surface area contributed by atoms with Crippen LogP contribution in [0.5, 0.6) is 0 Å². The van der Waals surface area contributed by atoms with Crippen LogP contribution in [0.1, 0.15) is 50.9 Å². The molecule has 2 heterocycles. The monoisotopic (exact) mass is 469 g/mol. The van der Waals surface area contributed by atoms with Gasteiger partial charge in [-0.05, 0) is 18.4 Å². The molecule has 10 nitrogen and oxygen atoms in total. The van der Waals surface area contributed by atoms with E-state index in [4.69, 9.17) is 4.74 Å². The molecule has 34 heavy (non-hydrogen) atoms. The number of fused-ring (bicyclic) bond motifs is 1. The number of nitrogens with one attached hydrogen (secondary N) is 2. The van der Waals surface area contributed by atoms with Gasteiger partial charge in [0.1, 0.15) is 12.4 Å². The number of rotatable bonds is 12. The van der Waals surface area contributed by atoms with Gasteiger partial charge in [-0.3, -0.25) is 23.9 Å². The summed E-state index contributed by atoms with van der Waals surface area (Å²) in [6, 6.07) is 9.34. The lowest BCUT2D eigenvalue weighted by Gasteiger charge is -2.09. The summed E-state index contributed by atoms with van der Waals surface area (Å²) in [5, 5.41) is 2.71. The molecule has 1 aromatic carbocycles. The maximum atomic E-state index is 12.5. The van der Waals surface area contributed by atoms with Gasteiger partial charge < -0.3 is 14.6 Å². The molecule has 0 spiro atoms. The number of esters is 1. The Morgan fingerprint density at radius 1 is 1.06 bits per heavy atom. The first-order valence-corrected chi connectivity index (χ1v) is 11.6. The minimum absolute atomic E-state index is 0.0102. The predicted molar refractivity (Wildman–Crippen MR) is 127 cm³/mol. The average molecular weight is 470 g/mol. The maximum absolute atomic E-state index is 12.5. The third-order valence-corrected chi connectivity index (χ3v) is 5.37. The van der Waals surface area contributed by atoms with E-state index in [1.165, 1.54) is 4.57 Å². The lowest BCUT2D eigenvalue weighted by atomic mass is 10.1. The van der Waals surface area contributed by atoms with Gasteiger partial charge in [-0.2, -0.15) is 0 Å². The number of imidazole rings is 1. The van der Waals surface area contributed by atoms with E-state index in [2.05, 4.69) is 15.3 Å². The Morgan fingerprint density at radius 3 is 2.53 bits per heavy atom. The van der Waals surface area contributed by atoms with Crippen molar-refractivity contribution < 1.29 is 14.3 Å². The van der Waals surface area contributed by atoms with Gasteiger partial charge in [-0.1, -0.05) is 50.6 Å². The van der Waals surface area contributed by atoms with Crippen LogP contribution in [0.15, 0.2) is 39.9 Å². The predicted octanol–water partition coefficient (Wildman–Crippen LogP) is 1.89. The van der Waals surface area contributed by atoms with Gasteiger partial charge in [-0.25, -0.2) is 9.78 Å². The van der Waals surface area contributed by atoms with Crippen molar-refractivity contribution in [3.63, 3.8) is 0 Å². The Bertz CT molecular complexity index is 1240. The van der Waals surface area contributed by atoms with Gasteiger partial charge in [0.25, 0.3) is 5.56 Å². The number of aromatic nitrogens is 4. The SMILES string of the molecule is CCCCn1c(=O)[nH]c(=O)c2c1nc(COC(=O)CCNC(=O)Cc1ccccc1)n2CCC. The number of hydrogen-bond donors (Lipinski definition) is 2. The molecule has 3 rings (SSSR count). The zero-order chi connectivity index (χ0) is 24.5. The van der Waals surface area contributed by atoms with Crippen molar-refractivity contribution >= 4 is 23.0 Å². The van der Waals surface area contributed by atoms with Crippen molar-refractivity contribution in [2.75, 3.05) is 6.54 Å². The van der Waals surface area contributed by atoms with Gasteiger partial charge in [0.2, 0.25) is 5.91 Å². The lowest BCUT2D eigenvalue weighted by Crippen LogP contribution is -2.31. The Kier molecular flexibility index (Phi) is 8.78. The lowest BCUT2D eigenvalue weighted by molar-refractivity contribution is -0.145. The van der Waals surface area contributed by atoms with Crippen LogP contribution in [0, 0.1) is 0 Å². The largest absolute Gasteiger partial charge is 0.457 e. The highest BCUT2D eigenvalue weighted by molar-refractivity contribution is 5.79. The second-order valence-corrected chi connectivity index (χ2v) is 8.04. The number of amides is 1.